The van der Waals surface area contributed by atoms with Gasteiger partial charge in [0.15, 0.2) is 0 Å². The Hall–Kier alpha value is -1.84. The molecule has 0 saturated carbocycles. The van der Waals surface area contributed by atoms with E-state index in [2.05, 4.69) is 50.3 Å². The van der Waals surface area contributed by atoms with Crippen molar-refractivity contribution in [2.24, 2.45) is 0 Å². The zero-order valence-electron chi connectivity index (χ0n) is 33.5. The van der Waals surface area contributed by atoms with Crippen LogP contribution in [0.1, 0.15) is 239 Å². The first-order valence-corrected chi connectivity index (χ1v) is 22.0. The van der Waals surface area contributed by atoms with Crippen LogP contribution >= 0.6 is 0 Å². The van der Waals surface area contributed by atoms with E-state index in [0.29, 0.717) is 6.42 Å². The van der Waals surface area contributed by atoms with Gasteiger partial charge in [0.25, 0.3) is 0 Å². The van der Waals surface area contributed by atoms with Crippen LogP contribution in [0.5, 0.6) is 0 Å². The summed E-state index contributed by atoms with van der Waals surface area (Å²) < 4.78 is 6.01. The van der Waals surface area contributed by atoms with Gasteiger partial charge in [-0.25, -0.2) is 0 Å². The number of hydrogen-bond acceptors (Lipinski definition) is 3. The Morgan fingerprint density at radius 2 is 0.780 bits per heavy atom. The number of carbonyl (C=O) groups is 2. The molecule has 0 rings (SSSR count). The van der Waals surface area contributed by atoms with E-state index in [9.17, 15) is 9.59 Å². The number of rotatable bonds is 40. The number of ether oxygens (including phenoxy) is 1. The van der Waals surface area contributed by atoms with Gasteiger partial charge in [-0.2, -0.15) is 0 Å². The molecular formula is C46H84O4. The lowest BCUT2D eigenvalue weighted by Crippen LogP contribution is -2.18. The van der Waals surface area contributed by atoms with E-state index < -0.39 is 5.97 Å². The molecule has 0 aliphatic heterocycles. The fraction of sp³-hybridized carbons (Fsp3) is 0.826. The summed E-state index contributed by atoms with van der Waals surface area (Å²) in [7, 11) is 0. The molecule has 0 aromatic heterocycles. The van der Waals surface area contributed by atoms with Gasteiger partial charge in [0.05, 0.1) is 0 Å². The topological polar surface area (TPSA) is 63.6 Å². The molecule has 0 radical (unpaired) electrons. The first kappa shape index (κ1) is 48.2. The van der Waals surface area contributed by atoms with Crippen molar-refractivity contribution in [3.63, 3.8) is 0 Å². The first-order valence-electron chi connectivity index (χ1n) is 22.0. The highest BCUT2D eigenvalue weighted by atomic mass is 16.5. The summed E-state index contributed by atoms with van der Waals surface area (Å²) in [5.41, 5.74) is 0. The van der Waals surface area contributed by atoms with Crippen LogP contribution in [0.15, 0.2) is 36.5 Å². The van der Waals surface area contributed by atoms with E-state index in [4.69, 9.17) is 9.84 Å². The molecule has 1 atom stereocenters. The largest absolute Gasteiger partial charge is 0.481 e. The fourth-order valence-corrected chi connectivity index (χ4v) is 6.56. The second-order valence-electron chi connectivity index (χ2n) is 14.9. The van der Waals surface area contributed by atoms with E-state index >= 15 is 0 Å². The lowest BCUT2D eigenvalue weighted by molar-refractivity contribution is -0.150. The van der Waals surface area contributed by atoms with Crippen LogP contribution < -0.4 is 0 Å². The molecule has 0 amide bonds. The Kier molecular flexibility index (Phi) is 40.0. The molecule has 0 bridgehead atoms. The van der Waals surface area contributed by atoms with Crippen molar-refractivity contribution < 1.29 is 19.4 Å². The minimum Gasteiger partial charge on any atom is -0.481 e. The van der Waals surface area contributed by atoms with Crippen LogP contribution in [0.3, 0.4) is 0 Å². The number of allylic oxidation sites excluding steroid dienone is 6. The van der Waals surface area contributed by atoms with E-state index in [1.165, 1.54) is 141 Å². The van der Waals surface area contributed by atoms with Crippen molar-refractivity contribution in [1.82, 2.24) is 0 Å². The predicted octanol–water partition coefficient (Wildman–Crippen LogP) is 15.3. The number of esters is 1. The molecule has 0 heterocycles. The van der Waals surface area contributed by atoms with Crippen LogP contribution in [0.25, 0.3) is 0 Å². The average molecular weight is 701 g/mol. The van der Waals surface area contributed by atoms with Crippen LogP contribution in [-0.2, 0) is 14.3 Å². The van der Waals surface area contributed by atoms with Crippen LogP contribution in [0.4, 0.5) is 0 Å². The van der Waals surface area contributed by atoms with Crippen molar-refractivity contribution in [3.8, 4) is 0 Å². The van der Waals surface area contributed by atoms with Crippen molar-refractivity contribution in [2.75, 3.05) is 0 Å². The first-order chi connectivity index (χ1) is 24.6. The maximum absolute atomic E-state index is 12.7. The molecule has 1 N–H and O–H groups in total. The summed E-state index contributed by atoms with van der Waals surface area (Å²) in [5.74, 6) is -0.707. The fourth-order valence-electron chi connectivity index (χ4n) is 6.56. The van der Waals surface area contributed by atoms with Gasteiger partial charge in [0.2, 0.25) is 0 Å². The number of carboxylic acids is 1. The summed E-state index contributed by atoms with van der Waals surface area (Å²) in [6.45, 7) is 4.53. The van der Waals surface area contributed by atoms with Gasteiger partial charge in [-0.05, 0) is 96.3 Å². The van der Waals surface area contributed by atoms with Crippen LogP contribution in [0, 0.1) is 0 Å². The SMILES string of the molecule is CCCCC/C=C\C/C=C\CCCC/C=C\CCCCCCCC(=O)OC(CCCCCCCCCCCCC)CCCCCCCC(=O)O. The monoisotopic (exact) mass is 701 g/mol. The Bertz CT molecular complexity index is 798. The van der Waals surface area contributed by atoms with Crippen LogP contribution in [0.2, 0.25) is 0 Å². The lowest BCUT2D eigenvalue weighted by Gasteiger charge is -2.18. The molecule has 0 aromatic carbocycles. The summed E-state index contributed by atoms with van der Waals surface area (Å²) in [5, 5.41) is 8.83. The highest BCUT2D eigenvalue weighted by Crippen LogP contribution is 2.19. The van der Waals surface area contributed by atoms with E-state index in [0.717, 1.165) is 70.6 Å². The van der Waals surface area contributed by atoms with Crippen molar-refractivity contribution in [3.05, 3.63) is 36.5 Å². The molecule has 0 aromatic rings. The second-order valence-corrected chi connectivity index (χ2v) is 14.9. The summed E-state index contributed by atoms with van der Waals surface area (Å²) in [4.78, 5) is 23.4. The quantitative estimate of drug-likeness (QED) is 0.0393. The van der Waals surface area contributed by atoms with Gasteiger partial charge in [-0.1, -0.05) is 166 Å². The van der Waals surface area contributed by atoms with Crippen LogP contribution in [-0.4, -0.2) is 23.1 Å². The minimum absolute atomic E-state index is 0.00685. The molecule has 50 heavy (non-hydrogen) atoms. The standard InChI is InChI=1S/C46H84O4/c1-3-5-7-9-11-13-15-16-17-18-19-20-21-22-23-24-26-28-30-35-39-43-46(49)50-44(41-37-33-31-34-38-42-45(47)48)40-36-32-29-27-25-14-12-10-8-6-4-2/h11,13,16-17,22-23,44H,3-10,12,14-15,18-21,24-43H2,1-2H3,(H,47,48)/b13-11-,17-16-,23-22-. The number of aliphatic carboxylic acids is 1. The summed E-state index contributed by atoms with van der Waals surface area (Å²) >= 11 is 0. The second kappa shape index (κ2) is 41.6. The highest BCUT2D eigenvalue weighted by molar-refractivity contribution is 5.69. The van der Waals surface area contributed by atoms with Gasteiger partial charge >= 0.3 is 11.9 Å². The Labute approximate surface area is 311 Å². The third kappa shape index (κ3) is 40.6. The zero-order valence-corrected chi connectivity index (χ0v) is 33.5. The zero-order chi connectivity index (χ0) is 36.4. The summed E-state index contributed by atoms with van der Waals surface area (Å²) in [6.07, 6.45) is 54.6. The van der Waals surface area contributed by atoms with E-state index in [-0.39, 0.29) is 18.5 Å². The van der Waals surface area contributed by atoms with Gasteiger partial charge in [0, 0.05) is 12.8 Å². The number of unbranched alkanes of at least 4 members (excludes halogenated alkanes) is 25. The molecule has 4 nitrogen and oxygen atoms in total. The Morgan fingerprint density at radius 3 is 1.26 bits per heavy atom. The molecular weight excluding hydrogens is 617 g/mol. The van der Waals surface area contributed by atoms with Crippen molar-refractivity contribution >= 4 is 11.9 Å². The molecule has 0 spiro atoms. The molecule has 1 unspecified atom stereocenters. The van der Waals surface area contributed by atoms with Gasteiger partial charge < -0.3 is 9.84 Å². The summed E-state index contributed by atoms with van der Waals surface area (Å²) in [6, 6.07) is 0. The maximum Gasteiger partial charge on any atom is 0.306 e. The van der Waals surface area contributed by atoms with E-state index in [1.54, 1.807) is 0 Å². The van der Waals surface area contributed by atoms with E-state index in [1.807, 2.05) is 0 Å². The normalized spacial score (nSPS) is 12.5. The number of carboxylic acid groups (broad SMARTS) is 1. The molecule has 0 fully saturated rings. The van der Waals surface area contributed by atoms with Crippen molar-refractivity contribution in [1.29, 1.82) is 0 Å². The third-order valence-corrected chi connectivity index (χ3v) is 9.83. The maximum atomic E-state index is 12.7. The van der Waals surface area contributed by atoms with Gasteiger partial charge in [-0.15, -0.1) is 0 Å². The minimum atomic E-state index is -0.700. The van der Waals surface area contributed by atoms with Crippen molar-refractivity contribution in [2.45, 2.75) is 245 Å². The average Bonchev–Trinajstić information content (AvgIpc) is 3.10. The molecule has 0 aliphatic rings. The van der Waals surface area contributed by atoms with Gasteiger partial charge in [0.1, 0.15) is 6.10 Å². The predicted molar refractivity (Wildman–Crippen MR) is 218 cm³/mol. The lowest BCUT2D eigenvalue weighted by atomic mass is 10.0. The van der Waals surface area contributed by atoms with Gasteiger partial charge in [-0.3, -0.25) is 9.59 Å². The highest BCUT2D eigenvalue weighted by Gasteiger charge is 2.14. The molecule has 0 aliphatic carbocycles. The number of hydrogen-bond donors (Lipinski definition) is 1. The number of carbonyl (C=O) groups excluding carboxylic acids is 1. The Balaban J connectivity index is 3.96. The smallest absolute Gasteiger partial charge is 0.306 e. The molecule has 292 valence electrons. The third-order valence-electron chi connectivity index (χ3n) is 9.83. The molecule has 4 heteroatoms. The Morgan fingerprint density at radius 1 is 0.440 bits per heavy atom. The molecule has 0 saturated heterocycles.